The molecule has 0 saturated heterocycles. The van der Waals surface area contributed by atoms with Crippen LogP contribution in [-0.2, 0) is 11.3 Å². The molecule has 1 amide bonds. The summed E-state index contributed by atoms with van der Waals surface area (Å²) in [5.74, 6) is 1.05. The number of hydrogen-bond acceptors (Lipinski definition) is 6. The number of carbonyl (C=O) groups excluding carboxylic acids is 1. The van der Waals surface area contributed by atoms with Gasteiger partial charge in [0, 0.05) is 0 Å². The van der Waals surface area contributed by atoms with E-state index < -0.39 is 0 Å². The molecule has 25 heavy (non-hydrogen) atoms. The van der Waals surface area contributed by atoms with Gasteiger partial charge in [-0.25, -0.2) is 4.98 Å². The molecule has 0 radical (unpaired) electrons. The van der Waals surface area contributed by atoms with E-state index in [0.29, 0.717) is 28.5 Å². The number of thiophene rings is 1. The molecule has 3 rings (SSSR count). The Morgan fingerprint density at radius 1 is 1.48 bits per heavy atom. The summed E-state index contributed by atoms with van der Waals surface area (Å²) in [6.45, 7) is 6.96. The summed E-state index contributed by atoms with van der Waals surface area (Å²) in [5.41, 5.74) is 1.99. The van der Waals surface area contributed by atoms with Crippen LogP contribution in [0.25, 0.3) is 0 Å². The Labute approximate surface area is 156 Å². The van der Waals surface area contributed by atoms with Crippen molar-refractivity contribution in [3.05, 3.63) is 33.0 Å². The summed E-state index contributed by atoms with van der Waals surface area (Å²) >= 11 is 2.92. The number of amides is 1. The highest BCUT2D eigenvalue weighted by atomic mass is 32.1. The first kappa shape index (κ1) is 18.1. The fourth-order valence-corrected chi connectivity index (χ4v) is 4.70. The third kappa shape index (κ3) is 4.46. The van der Waals surface area contributed by atoms with Gasteiger partial charge in [0.05, 0.1) is 21.2 Å². The molecule has 0 saturated carbocycles. The fourth-order valence-electron chi connectivity index (χ4n) is 3.10. The van der Waals surface area contributed by atoms with E-state index in [9.17, 15) is 4.79 Å². The van der Waals surface area contributed by atoms with Crippen LogP contribution in [0.4, 0.5) is 5.13 Å². The predicted octanol–water partition coefficient (Wildman–Crippen LogP) is 4.81. The molecule has 2 aromatic rings. The van der Waals surface area contributed by atoms with Crippen LogP contribution in [0.15, 0.2) is 22.7 Å². The van der Waals surface area contributed by atoms with Crippen molar-refractivity contribution in [2.45, 2.75) is 40.0 Å². The van der Waals surface area contributed by atoms with Gasteiger partial charge >= 0.3 is 0 Å². The highest BCUT2D eigenvalue weighted by Crippen LogP contribution is 2.35. The average Bonchev–Trinajstić information content (AvgIpc) is 3.21. The van der Waals surface area contributed by atoms with Crippen LogP contribution in [0.2, 0.25) is 0 Å². The van der Waals surface area contributed by atoms with Crippen molar-refractivity contribution in [3.8, 4) is 0 Å². The second kappa shape index (κ2) is 8.10. The highest BCUT2D eigenvalue weighted by Gasteiger charge is 2.29. The summed E-state index contributed by atoms with van der Waals surface area (Å²) in [5, 5.41) is 9.77. The molecule has 0 bridgehead atoms. The Morgan fingerprint density at radius 2 is 2.32 bits per heavy atom. The van der Waals surface area contributed by atoms with Crippen LogP contribution in [0, 0.1) is 11.8 Å². The van der Waals surface area contributed by atoms with Gasteiger partial charge in [-0.15, -0.1) is 11.3 Å². The maximum Gasteiger partial charge on any atom is 0.267 e. The minimum atomic E-state index is -0.108. The Morgan fingerprint density at radius 3 is 3.00 bits per heavy atom. The number of fused-ring (bicyclic) bond motifs is 1. The molecule has 0 aliphatic heterocycles. The van der Waals surface area contributed by atoms with E-state index >= 15 is 0 Å². The van der Waals surface area contributed by atoms with Crippen molar-refractivity contribution in [2.24, 2.45) is 17.0 Å². The van der Waals surface area contributed by atoms with E-state index in [-0.39, 0.29) is 5.91 Å². The van der Waals surface area contributed by atoms with E-state index in [0.717, 1.165) is 35.5 Å². The molecule has 1 N–H and O–H groups in total. The van der Waals surface area contributed by atoms with Crippen LogP contribution < -0.4 is 5.32 Å². The van der Waals surface area contributed by atoms with Gasteiger partial charge in [-0.1, -0.05) is 36.4 Å². The van der Waals surface area contributed by atoms with Crippen molar-refractivity contribution < 1.29 is 9.63 Å². The van der Waals surface area contributed by atoms with Crippen LogP contribution in [0.1, 0.15) is 53.9 Å². The quantitative estimate of drug-likeness (QED) is 0.735. The molecule has 5 nitrogen and oxygen atoms in total. The third-order valence-electron chi connectivity index (χ3n) is 4.00. The Hall–Kier alpha value is -1.73. The molecule has 134 valence electrons. The summed E-state index contributed by atoms with van der Waals surface area (Å²) in [7, 11) is 0. The molecule has 0 fully saturated rings. The number of anilines is 1. The first-order valence-corrected chi connectivity index (χ1v) is 10.3. The molecular formula is C18H23N3O2S2. The lowest BCUT2D eigenvalue weighted by Gasteiger charge is -2.23. The topological polar surface area (TPSA) is 63.6 Å². The van der Waals surface area contributed by atoms with Crippen LogP contribution >= 0.6 is 22.7 Å². The molecule has 1 atom stereocenters. The molecule has 1 aliphatic rings. The molecule has 2 heterocycles. The van der Waals surface area contributed by atoms with E-state index in [2.05, 4.69) is 29.3 Å². The monoisotopic (exact) mass is 377 g/mol. The smallest absolute Gasteiger partial charge is 0.267 e. The van der Waals surface area contributed by atoms with Crippen LogP contribution in [-0.4, -0.2) is 23.2 Å². The zero-order chi connectivity index (χ0) is 17.8. The molecule has 0 spiro atoms. The Kier molecular flexibility index (Phi) is 5.86. The fraction of sp³-hybridized carbons (Fsp3) is 0.500. The van der Waals surface area contributed by atoms with Crippen molar-refractivity contribution in [1.29, 1.82) is 0 Å². The minimum absolute atomic E-state index is 0.108. The van der Waals surface area contributed by atoms with Gasteiger partial charge in [0.15, 0.2) is 5.13 Å². The number of carbonyl (C=O) groups is 1. The van der Waals surface area contributed by atoms with Crippen molar-refractivity contribution in [2.75, 3.05) is 11.9 Å². The first-order valence-electron chi connectivity index (χ1n) is 8.60. The normalized spacial score (nSPS) is 18.4. The molecule has 1 aliphatic carbocycles. The zero-order valence-electron chi connectivity index (χ0n) is 14.7. The van der Waals surface area contributed by atoms with Gasteiger partial charge < -0.3 is 4.84 Å². The third-order valence-corrected chi connectivity index (χ3v) is 5.93. The van der Waals surface area contributed by atoms with Crippen molar-refractivity contribution in [3.63, 3.8) is 0 Å². The summed E-state index contributed by atoms with van der Waals surface area (Å²) in [4.78, 5) is 24.0. The maximum absolute atomic E-state index is 12.3. The van der Waals surface area contributed by atoms with Gasteiger partial charge in [-0.3, -0.25) is 10.1 Å². The Balaban J connectivity index is 1.82. The SMILES string of the molecule is CCO/N=C1\C[C@@H](CC(C)C)Cc2nc(NC(=O)c3cccs3)sc21. The number of aromatic nitrogens is 1. The largest absolute Gasteiger partial charge is 0.396 e. The van der Waals surface area contributed by atoms with E-state index in [4.69, 9.17) is 4.84 Å². The van der Waals surface area contributed by atoms with Crippen LogP contribution in [0.3, 0.4) is 0 Å². The maximum atomic E-state index is 12.3. The number of thiazole rings is 1. The van der Waals surface area contributed by atoms with Crippen LogP contribution in [0.5, 0.6) is 0 Å². The van der Waals surface area contributed by atoms with Gasteiger partial charge in [0.25, 0.3) is 5.91 Å². The number of rotatable bonds is 6. The zero-order valence-corrected chi connectivity index (χ0v) is 16.4. The second-order valence-electron chi connectivity index (χ2n) is 6.59. The number of nitrogens with one attached hydrogen (secondary N) is 1. The van der Waals surface area contributed by atoms with Gasteiger partial charge in [0.2, 0.25) is 0 Å². The summed E-state index contributed by atoms with van der Waals surface area (Å²) < 4.78 is 0. The lowest BCUT2D eigenvalue weighted by atomic mass is 9.84. The highest BCUT2D eigenvalue weighted by molar-refractivity contribution is 7.18. The standard InChI is InChI=1S/C18H23N3O2S2/c1-4-23-21-14-10-12(8-11(2)3)9-13-16(14)25-18(19-13)20-17(22)15-6-5-7-24-15/h5-7,11-12H,4,8-10H2,1-3H3,(H,19,20,22)/b21-14+/t12-/m0/s1. The lowest BCUT2D eigenvalue weighted by molar-refractivity contribution is 0.103. The average molecular weight is 378 g/mol. The van der Waals surface area contributed by atoms with Gasteiger partial charge in [-0.2, -0.15) is 0 Å². The lowest BCUT2D eigenvalue weighted by Crippen LogP contribution is -2.21. The van der Waals surface area contributed by atoms with E-state index in [1.54, 1.807) is 0 Å². The summed E-state index contributed by atoms with van der Waals surface area (Å²) in [6.07, 6.45) is 2.98. The van der Waals surface area contributed by atoms with E-state index in [1.807, 2.05) is 24.4 Å². The second-order valence-corrected chi connectivity index (χ2v) is 8.53. The molecular weight excluding hydrogens is 354 g/mol. The first-order chi connectivity index (χ1) is 12.1. The Bertz CT molecular complexity index is 750. The predicted molar refractivity (Wildman–Crippen MR) is 104 cm³/mol. The number of oxime groups is 1. The number of nitrogens with zero attached hydrogens (tertiary/aromatic N) is 2. The van der Waals surface area contributed by atoms with Crippen molar-refractivity contribution >= 4 is 39.4 Å². The van der Waals surface area contributed by atoms with E-state index in [1.165, 1.54) is 22.7 Å². The molecule has 2 aromatic heterocycles. The number of hydrogen-bond donors (Lipinski definition) is 1. The summed E-state index contributed by atoms with van der Waals surface area (Å²) in [6, 6.07) is 3.68. The van der Waals surface area contributed by atoms with Gasteiger partial charge in [0.1, 0.15) is 6.61 Å². The minimum Gasteiger partial charge on any atom is -0.396 e. The van der Waals surface area contributed by atoms with Gasteiger partial charge in [-0.05, 0) is 49.5 Å². The molecule has 0 aromatic carbocycles. The van der Waals surface area contributed by atoms with Crippen molar-refractivity contribution in [1.82, 2.24) is 4.98 Å². The molecule has 7 heteroatoms. The molecule has 0 unspecified atom stereocenters.